The first-order chi connectivity index (χ1) is 13.5. The SMILES string of the molecule is Cc1noc(C)c1CC(=O)N1CC[C@](O)(c2ccccc2)[C@H](N2CCCC2)C1. The van der Waals surface area contributed by atoms with Crippen LogP contribution < -0.4 is 0 Å². The maximum absolute atomic E-state index is 13.0. The molecule has 2 saturated heterocycles. The fourth-order valence-corrected chi connectivity index (χ4v) is 4.70. The van der Waals surface area contributed by atoms with E-state index in [0.29, 0.717) is 31.7 Å². The second kappa shape index (κ2) is 7.68. The van der Waals surface area contributed by atoms with Crippen LogP contribution in [0.2, 0.25) is 0 Å². The molecule has 0 aliphatic carbocycles. The van der Waals surface area contributed by atoms with Gasteiger partial charge in [-0.05, 0) is 51.8 Å². The standard InChI is InChI=1S/C22H29N3O3/c1-16-19(17(2)28-23-16)14-21(26)25-13-10-22(27,18-8-4-3-5-9-18)20(15-25)24-11-6-7-12-24/h3-5,8-9,20,27H,6-7,10-15H2,1-2H3/t20-,22+/m1/s1. The van der Waals surface area contributed by atoms with Gasteiger partial charge in [0.15, 0.2) is 0 Å². The first-order valence-electron chi connectivity index (χ1n) is 10.2. The minimum Gasteiger partial charge on any atom is -0.383 e. The van der Waals surface area contributed by atoms with E-state index in [4.69, 9.17) is 4.52 Å². The normalized spacial score (nSPS) is 26.0. The van der Waals surface area contributed by atoms with E-state index >= 15 is 0 Å². The Morgan fingerprint density at radius 1 is 1.21 bits per heavy atom. The highest BCUT2D eigenvalue weighted by atomic mass is 16.5. The van der Waals surface area contributed by atoms with Crippen LogP contribution >= 0.6 is 0 Å². The van der Waals surface area contributed by atoms with E-state index in [1.54, 1.807) is 0 Å². The highest BCUT2D eigenvalue weighted by molar-refractivity contribution is 5.79. The molecule has 0 unspecified atom stereocenters. The Balaban J connectivity index is 1.56. The van der Waals surface area contributed by atoms with Gasteiger partial charge in [-0.25, -0.2) is 0 Å². The number of carbonyl (C=O) groups excluding carboxylic acids is 1. The summed E-state index contributed by atoms with van der Waals surface area (Å²) in [5, 5.41) is 15.7. The average molecular weight is 383 g/mol. The predicted molar refractivity (Wildman–Crippen MR) is 106 cm³/mol. The van der Waals surface area contributed by atoms with E-state index in [1.807, 2.05) is 49.1 Å². The largest absolute Gasteiger partial charge is 0.383 e. The zero-order chi connectivity index (χ0) is 19.7. The molecular formula is C22H29N3O3. The molecule has 1 N–H and O–H groups in total. The highest BCUT2D eigenvalue weighted by Crippen LogP contribution is 2.37. The number of piperidine rings is 1. The van der Waals surface area contributed by atoms with Gasteiger partial charge in [0.05, 0.1) is 18.2 Å². The van der Waals surface area contributed by atoms with Crippen LogP contribution in [-0.4, -0.2) is 58.2 Å². The maximum Gasteiger partial charge on any atom is 0.227 e. The van der Waals surface area contributed by atoms with Crippen molar-refractivity contribution >= 4 is 5.91 Å². The minimum atomic E-state index is -0.925. The second-order valence-electron chi connectivity index (χ2n) is 8.12. The van der Waals surface area contributed by atoms with Crippen LogP contribution in [0.5, 0.6) is 0 Å². The van der Waals surface area contributed by atoms with E-state index in [2.05, 4.69) is 10.1 Å². The Morgan fingerprint density at radius 2 is 1.93 bits per heavy atom. The van der Waals surface area contributed by atoms with Gasteiger partial charge in [0.25, 0.3) is 0 Å². The summed E-state index contributed by atoms with van der Waals surface area (Å²) in [6, 6.07) is 9.85. The number of amides is 1. The van der Waals surface area contributed by atoms with Gasteiger partial charge in [-0.3, -0.25) is 9.69 Å². The van der Waals surface area contributed by atoms with E-state index < -0.39 is 5.60 Å². The molecule has 28 heavy (non-hydrogen) atoms. The lowest BCUT2D eigenvalue weighted by molar-refractivity contribution is -0.142. The second-order valence-corrected chi connectivity index (χ2v) is 8.12. The van der Waals surface area contributed by atoms with Crippen molar-refractivity contribution in [2.75, 3.05) is 26.2 Å². The Morgan fingerprint density at radius 3 is 2.57 bits per heavy atom. The predicted octanol–water partition coefficient (Wildman–Crippen LogP) is 2.42. The summed E-state index contributed by atoms with van der Waals surface area (Å²) in [5.41, 5.74) is 1.68. The highest BCUT2D eigenvalue weighted by Gasteiger charge is 2.47. The first kappa shape index (κ1) is 19.2. The van der Waals surface area contributed by atoms with Gasteiger partial charge >= 0.3 is 0 Å². The van der Waals surface area contributed by atoms with Crippen LogP contribution in [0.1, 0.15) is 41.8 Å². The Bertz CT molecular complexity index is 809. The number of carbonyl (C=O) groups is 1. The van der Waals surface area contributed by atoms with Crippen molar-refractivity contribution in [3.63, 3.8) is 0 Å². The number of benzene rings is 1. The summed E-state index contributed by atoms with van der Waals surface area (Å²) >= 11 is 0. The molecule has 6 nitrogen and oxygen atoms in total. The lowest BCUT2D eigenvalue weighted by atomic mass is 9.79. The van der Waals surface area contributed by atoms with Crippen LogP contribution in [0.25, 0.3) is 0 Å². The Kier molecular flexibility index (Phi) is 5.25. The van der Waals surface area contributed by atoms with Crippen LogP contribution in [0.3, 0.4) is 0 Å². The zero-order valence-electron chi connectivity index (χ0n) is 16.7. The third-order valence-corrected chi connectivity index (χ3v) is 6.42. The van der Waals surface area contributed by atoms with Crippen molar-refractivity contribution in [1.29, 1.82) is 0 Å². The average Bonchev–Trinajstić information content (AvgIpc) is 3.35. The number of aliphatic hydroxyl groups is 1. The molecule has 1 aromatic carbocycles. The summed E-state index contributed by atoms with van der Waals surface area (Å²) < 4.78 is 5.21. The van der Waals surface area contributed by atoms with Crippen LogP contribution in [-0.2, 0) is 16.8 Å². The van der Waals surface area contributed by atoms with Gasteiger partial charge in [-0.15, -0.1) is 0 Å². The molecule has 2 aromatic rings. The van der Waals surface area contributed by atoms with Gasteiger partial charge in [0, 0.05) is 18.7 Å². The molecule has 2 fully saturated rings. The molecule has 0 saturated carbocycles. The number of rotatable bonds is 4. The van der Waals surface area contributed by atoms with Crippen LogP contribution in [0, 0.1) is 13.8 Å². The summed E-state index contributed by atoms with van der Waals surface area (Å²) in [4.78, 5) is 17.3. The fraction of sp³-hybridized carbons (Fsp3) is 0.545. The van der Waals surface area contributed by atoms with Gasteiger partial charge in [-0.1, -0.05) is 35.5 Å². The van der Waals surface area contributed by atoms with E-state index in [1.165, 1.54) is 0 Å². The summed E-state index contributed by atoms with van der Waals surface area (Å²) in [7, 11) is 0. The van der Waals surface area contributed by atoms with Gasteiger partial charge < -0.3 is 14.5 Å². The molecule has 2 atom stereocenters. The van der Waals surface area contributed by atoms with E-state index in [0.717, 1.165) is 42.8 Å². The molecule has 0 radical (unpaired) electrons. The lowest BCUT2D eigenvalue weighted by Crippen LogP contribution is -2.61. The molecule has 2 aliphatic rings. The monoisotopic (exact) mass is 383 g/mol. The van der Waals surface area contributed by atoms with E-state index in [-0.39, 0.29) is 11.9 Å². The number of hydrogen-bond acceptors (Lipinski definition) is 5. The lowest BCUT2D eigenvalue weighted by Gasteiger charge is -2.48. The summed E-state index contributed by atoms with van der Waals surface area (Å²) in [6.07, 6.45) is 3.14. The topological polar surface area (TPSA) is 69.8 Å². The Labute approximate surface area is 166 Å². The van der Waals surface area contributed by atoms with Crippen LogP contribution in [0.4, 0.5) is 0 Å². The zero-order valence-corrected chi connectivity index (χ0v) is 16.7. The first-order valence-corrected chi connectivity index (χ1v) is 10.2. The number of likely N-dealkylation sites (tertiary alicyclic amines) is 2. The number of aryl methyl sites for hydroxylation is 2. The molecule has 1 aromatic heterocycles. The summed E-state index contributed by atoms with van der Waals surface area (Å²) in [5.74, 6) is 0.786. The minimum absolute atomic E-state index is 0.0775. The molecule has 2 aliphatic heterocycles. The molecular weight excluding hydrogens is 354 g/mol. The van der Waals surface area contributed by atoms with Gasteiger partial charge in [-0.2, -0.15) is 0 Å². The maximum atomic E-state index is 13.0. The van der Waals surface area contributed by atoms with E-state index in [9.17, 15) is 9.90 Å². The number of aromatic nitrogens is 1. The molecule has 6 heteroatoms. The number of nitrogens with zero attached hydrogens (tertiary/aromatic N) is 3. The molecule has 150 valence electrons. The summed E-state index contributed by atoms with van der Waals surface area (Å²) in [6.45, 7) is 6.78. The van der Waals surface area contributed by atoms with Gasteiger partial charge in [0.1, 0.15) is 11.4 Å². The molecule has 1 amide bonds. The van der Waals surface area contributed by atoms with Gasteiger partial charge in [0.2, 0.25) is 5.91 Å². The molecule has 3 heterocycles. The quantitative estimate of drug-likeness (QED) is 0.878. The molecule has 0 bridgehead atoms. The van der Waals surface area contributed by atoms with Crippen molar-refractivity contribution in [2.24, 2.45) is 0 Å². The Hall–Kier alpha value is -2.18. The van der Waals surface area contributed by atoms with Crippen molar-refractivity contribution in [1.82, 2.24) is 15.0 Å². The molecule has 4 rings (SSSR count). The fourth-order valence-electron chi connectivity index (χ4n) is 4.70. The van der Waals surface area contributed by atoms with Crippen LogP contribution in [0.15, 0.2) is 34.9 Å². The smallest absolute Gasteiger partial charge is 0.227 e. The number of hydrogen-bond donors (Lipinski definition) is 1. The third-order valence-electron chi connectivity index (χ3n) is 6.42. The van der Waals surface area contributed by atoms with Crippen molar-refractivity contribution in [3.05, 3.63) is 52.9 Å². The molecule has 0 spiro atoms. The van der Waals surface area contributed by atoms with Crippen molar-refractivity contribution in [2.45, 2.75) is 51.2 Å². The third kappa shape index (κ3) is 3.47. The van der Waals surface area contributed by atoms with Crippen molar-refractivity contribution < 1.29 is 14.4 Å². The van der Waals surface area contributed by atoms with Crippen molar-refractivity contribution in [3.8, 4) is 0 Å².